The molecule has 0 aliphatic rings. The molecule has 0 saturated carbocycles. The van der Waals surface area contributed by atoms with Gasteiger partial charge in [-0.25, -0.2) is 13.2 Å². The normalized spacial score (nSPS) is 11.1. The van der Waals surface area contributed by atoms with E-state index in [2.05, 4.69) is 20.7 Å². The standard InChI is InChI=1S/C13H10BrNO4S/c14-10-6-9(13(16)17)7-11(8-10)15-20(18,19)12-4-2-1-3-5-12/h1-8,15H,(H,16,17). The van der Waals surface area contributed by atoms with E-state index in [1.165, 1.54) is 30.3 Å². The van der Waals surface area contributed by atoms with E-state index in [4.69, 9.17) is 5.11 Å². The Labute approximate surface area is 124 Å². The molecule has 5 nitrogen and oxygen atoms in total. The molecule has 0 heterocycles. The van der Waals surface area contributed by atoms with Crippen molar-refractivity contribution < 1.29 is 18.3 Å². The number of benzene rings is 2. The minimum atomic E-state index is -3.74. The van der Waals surface area contributed by atoms with Crippen LogP contribution in [0.2, 0.25) is 0 Å². The first-order valence-corrected chi connectivity index (χ1v) is 7.78. The van der Waals surface area contributed by atoms with Crippen molar-refractivity contribution in [3.05, 3.63) is 58.6 Å². The van der Waals surface area contributed by atoms with Crippen LogP contribution in [0.5, 0.6) is 0 Å². The molecule has 2 aromatic rings. The van der Waals surface area contributed by atoms with E-state index in [9.17, 15) is 13.2 Å². The summed E-state index contributed by atoms with van der Waals surface area (Å²) >= 11 is 3.15. The summed E-state index contributed by atoms with van der Waals surface area (Å²) in [5, 5.41) is 8.95. The molecule has 0 atom stereocenters. The molecule has 20 heavy (non-hydrogen) atoms. The molecular formula is C13H10BrNO4S. The Bertz CT molecular complexity index is 744. The largest absolute Gasteiger partial charge is 0.478 e. The maximum Gasteiger partial charge on any atom is 0.335 e. The number of carbonyl (C=O) groups is 1. The van der Waals surface area contributed by atoms with Gasteiger partial charge in [0, 0.05) is 4.47 Å². The molecule has 0 fully saturated rings. The Balaban J connectivity index is 2.37. The van der Waals surface area contributed by atoms with Gasteiger partial charge in [0.25, 0.3) is 10.0 Å². The predicted molar refractivity (Wildman–Crippen MR) is 78.4 cm³/mol. The van der Waals surface area contributed by atoms with E-state index in [0.717, 1.165) is 0 Å². The first kappa shape index (κ1) is 14.5. The summed E-state index contributed by atoms with van der Waals surface area (Å²) in [7, 11) is -3.74. The smallest absolute Gasteiger partial charge is 0.335 e. The van der Waals surface area contributed by atoms with Crippen LogP contribution in [0.25, 0.3) is 0 Å². The fourth-order valence-corrected chi connectivity index (χ4v) is 3.14. The van der Waals surface area contributed by atoms with Gasteiger partial charge in [-0.1, -0.05) is 34.1 Å². The number of anilines is 1. The summed E-state index contributed by atoms with van der Waals surface area (Å²) in [6.45, 7) is 0. The Morgan fingerprint density at radius 2 is 1.75 bits per heavy atom. The van der Waals surface area contributed by atoms with Crippen LogP contribution in [0.4, 0.5) is 5.69 Å². The van der Waals surface area contributed by atoms with Crippen LogP contribution < -0.4 is 4.72 Å². The summed E-state index contributed by atoms with van der Waals surface area (Å²) in [6, 6.07) is 12.0. The highest BCUT2D eigenvalue weighted by Crippen LogP contribution is 2.22. The minimum absolute atomic E-state index is 0.00913. The second-order valence-electron chi connectivity index (χ2n) is 3.95. The first-order valence-electron chi connectivity index (χ1n) is 5.50. The number of aromatic carboxylic acids is 1. The van der Waals surface area contributed by atoms with E-state index in [1.807, 2.05) is 0 Å². The third-order valence-electron chi connectivity index (χ3n) is 2.45. The fourth-order valence-electron chi connectivity index (χ4n) is 1.59. The SMILES string of the molecule is O=C(O)c1cc(Br)cc(NS(=O)(=O)c2ccccc2)c1. The lowest BCUT2D eigenvalue weighted by Gasteiger charge is -2.09. The van der Waals surface area contributed by atoms with E-state index < -0.39 is 16.0 Å². The van der Waals surface area contributed by atoms with Crippen LogP contribution in [0, 0.1) is 0 Å². The van der Waals surface area contributed by atoms with E-state index >= 15 is 0 Å². The number of nitrogens with one attached hydrogen (secondary N) is 1. The summed E-state index contributed by atoms with van der Waals surface area (Å²) in [5.74, 6) is -1.13. The molecule has 0 aliphatic carbocycles. The number of hydrogen-bond acceptors (Lipinski definition) is 3. The molecule has 0 spiro atoms. The molecule has 2 rings (SSSR count). The third kappa shape index (κ3) is 3.37. The second kappa shape index (κ2) is 5.64. The molecule has 0 amide bonds. The molecule has 0 saturated heterocycles. The van der Waals surface area contributed by atoms with Crippen molar-refractivity contribution in [2.24, 2.45) is 0 Å². The van der Waals surface area contributed by atoms with Crippen LogP contribution in [0.15, 0.2) is 57.9 Å². The highest BCUT2D eigenvalue weighted by molar-refractivity contribution is 9.10. The van der Waals surface area contributed by atoms with Gasteiger partial charge in [-0.15, -0.1) is 0 Å². The third-order valence-corrected chi connectivity index (χ3v) is 4.31. The maximum atomic E-state index is 12.1. The van der Waals surface area contributed by atoms with Crippen LogP contribution in [0.3, 0.4) is 0 Å². The topological polar surface area (TPSA) is 83.5 Å². The zero-order valence-electron chi connectivity index (χ0n) is 10.1. The number of halogens is 1. The zero-order valence-corrected chi connectivity index (χ0v) is 12.5. The Kier molecular flexibility index (Phi) is 4.10. The van der Waals surface area contributed by atoms with Crippen LogP contribution in [-0.4, -0.2) is 19.5 Å². The van der Waals surface area contributed by atoms with Crippen LogP contribution in [0.1, 0.15) is 10.4 Å². The van der Waals surface area contributed by atoms with Crippen LogP contribution in [-0.2, 0) is 10.0 Å². The zero-order chi connectivity index (χ0) is 14.8. The van der Waals surface area contributed by atoms with Crippen molar-refractivity contribution >= 4 is 37.6 Å². The maximum absolute atomic E-state index is 12.1. The second-order valence-corrected chi connectivity index (χ2v) is 6.55. The van der Waals surface area contributed by atoms with E-state index in [-0.39, 0.29) is 16.1 Å². The highest BCUT2D eigenvalue weighted by Gasteiger charge is 2.15. The average Bonchev–Trinajstić information content (AvgIpc) is 2.38. The summed E-state index contributed by atoms with van der Waals surface area (Å²) < 4.78 is 27.1. The van der Waals surface area contributed by atoms with Crippen molar-refractivity contribution in [3.8, 4) is 0 Å². The Morgan fingerprint density at radius 1 is 1.10 bits per heavy atom. The van der Waals surface area contributed by atoms with Gasteiger partial charge in [0.05, 0.1) is 16.1 Å². The van der Waals surface area contributed by atoms with Gasteiger partial charge < -0.3 is 5.11 Å². The monoisotopic (exact) mass is 355 g/mol. The molecule has 0 aliphatic heterocycles. The van der Waals surface area contributed by atoms with Gasteiger partial charge in [0.15, 0.2) is 0 Å². The van der Waals surface area contributed by atoms with Crippen molar-refractivity contribution in [1.29, 1.82) is 0 Å². The van der Waals surface area contributed by atoms with E-state index in [0.29, 0.717) is 4.47 Å². The molecule has 0 bridgehead atoms. The lowest BCUT2D eigenvalue weighted by molar-refractivity contribution is 0.0697. The average molecular weight is 356 g/mol. The predicted octanol–water partition coefficient (Wildman–Crippen LogP) is 2.95. The number of hydrogen-bond donors (Lipinski definition) is 2. The van der Waals surface area contributed by atoms with Crippen molar-refractivity contribution in [3.63, 3.8) is 0 Å². The van der Waals surface area contributed by atoms with Crippen molar-refractivity contribution in [2.75, 3.05) is 4.72 Å². The lowest BCUT2D eigenvalue weighted by Crippen LogP contribution is -2.13. The quantitative estimate of drug-likeness (QED) is 0.882. The van der Waals surface area contributed by atoms with Gasteiger partial charge in [-0.2, -0.15) is 0 Å². The lowest BCUT2D eigenvalue weighted by atomic mass is 10.2. The summed E-state index contributed by atoms with van der Waals surface area (Å²) in [6.07, 6.45) is 0. The molecule has 0 radical (unpaired) electrons. The van der Waals surface area contributed by atoms with Gasteiger partial charge in [-0.05, 0) is 30.3 Å². The Hall–Kier alpha value is -1.86. The molecular weight excluding hydrogens is 346 g/mol. The number of rotatable bonds is 4. The van der Waals surface area contributed by atoms with Crippen molar-refractivity contribution in [1.82, 2.24) is 0 Å². The molecule has 2 N–H and O–H groups in total. The first-order chi connectivity index (χ1) is 9.38. The number of carboxylic acids is 1. The van der Waals surface area contributed by atoms with E-state index in [1.54, 1.807) is 18.2 Å². The highest BCUT2D eigenvalue weighted by atomic mass is 79.9. The molecule has 0 unspecified atom stereocenters. The minimum Gasteiger partial charge on any atom is -0.478 e. The Morgan fingerprint density at radius 3 is 2.35 bits per heavy atom. The molecule has 2 aromatic carbocycles. The molecule has 0 aromatic heterocycles. The van der Waals surface area contributed by atoms with Crippen molar-refractivity contribution in [2.45, 2.75) is 4.90 Å². The van der Waals surface area contributed by atoms with Gasteiger partial charge in [0.1, 0.15) is 0 Å². The molecule has 7 heteroatoms. The van der Waals surface area contributed by atoms with Gasteiger partial charge in [0.2, 0.25) is 0 Å². The summed E-state index contributed by atoms with van der Waals surface area (Å²) in [4.78, 5) is 11.1. The van der Waals surface area contributed by atoms with Crippen LogP contribution >= 0.6 is 15.9 Å². The van der Waals surface area contributed by atoms with Gasteiger partial charge >= 0.3 is 5.97 Å². The fraction of sp³-hybridized carbons (Fsp3) is 0. The number of sulfonamides is 1. The summed E-state index contributed by atoms with van der Waals surface area (Å²) in [5.41, 5.74) is 0.172. The number of carboxylic acid groups (broad SMARTS) is 1. The molecule has 104 valence electrons. The van der Waals surface area contributed by atoms with Gasteiger partial charge in [-0.3, -0.25) is 4.72 Å².